The van der Waals surface area contributed by atoms with E-state index in [0.717, 1.165) is 5.56 Å². The number of aryl methyl sites for hydroxylation is 1. The van der Waals surface area contributed by atoms with E-state index in [2.05, 4.69) is 4.98 Å². The summed E-state index contributed by atoms with van der Waals surface area (Å²) < 4.78 is 23.1. The third-order valence-corrected chi connectivity index (χ3v) is 4.76. The molecule has 0 bridgehead atoms. The van der Waals surface area contributed by atoms with E-state index in [1.165, 1.54) is 0 Å². The van der Waals surface area contributed by atoms with E-state index >= 15 is 0 Å². The first-order chi connectivity index (χ1) is 9.54. The molecule has 1 atom stereocenters. The summed E-state index contributed by atoms with van der Waals surface area (Å²) in [6.45, 7) is 1.94. The van der Waals surface area contributed by atoms with Crippen molar-refractivity contribution in [3.05, 3.63) is 54.1 Å². The molecule has 0 aliphatic heterocycles. The number of oxazole rings is 1. The van der Waals surface area contributed by atoms with Gasteiger partial charge in [-0.3, -0.25) is 0 Å². The molecule has 0 aliphatic carbocycles. The minimum Gasteiger partial charge on any atom is -0.408 e. The van der Waals surface area contributed by atoms with Crippen molar-refractivity contribution in [2.24, 2.45) is 0 Å². The molecular weight excluding hydrogens is 294 g/mol. The van der Waals surface area contributed by atoms with Gasteiger partial charge in [-0.05, 0) is 31.2 Å². The van der Waals surface area contributed by atoms with Crippen molar-refractivity contribution in [3.63, 3.8) is 0 Å². The van der Waals surface area contributed by atoms with Crippen molar-refractivity contribution in [2.75, 3.05) is 0 Å². The van der Waals surface area contributed by atoms with Gasteiger partial charge in [0.1, 0.15) is 5.52 Å². The van der Waals surface area contributed by atoms with Crippen LogP contribution in [0.1, 0.15) is 5.56 Å². The van der Waals surface area contributed by atoms with Gasteiger partial charge in [0.15, 0.2) is 5.58 Å². The zero-order valence-electron chi connectivity index (χ0n) is 10.6. The molecule has 1 heterocycles. The topological polar surface area (TPSA) is 52.3 Å². The van der Waals surface area contributed by atoms with E-state index in [4.69, 9.17) is 19.8 Å². The Labute approximate surface area is 121 Å². The Balaban J connectivity index is 1.94. The minimum absolute atomic E-state index is 0.0771. The molecule has 3 rings (SSSR count). The molecule has 0 spiro atoms. The van der Waals surface area contributed by atoms with E-state index < -0.39 is 8.77 Å². The van der Waals surface area contributed by atoms with Gasteiger partial charge in [-0.2, -0.15) is 4.98 Å². The Morgan fingerprint density at radius 2 is 1.85 bits per heavy atom. The summed E-state index contributed by atoms with van der Waals surface area (Å²) in [5, 5.41) is 0. The number of para-hydroxylation sites is 2. The number of hydrogen-bond acceptors (Lipinski definition) is 5. The maximum atomic E-state index is 12.4. The molecule has 102 valence electrons. The average Bonchev–Trinajstić information content (AvgIpc) is 2.80. The smallest absolute Gasteiger partial charge is 0.408 e. The molecular formula is C14H11NO3S2. The quantitative estimate of drug-likeness (QED) is 0.743. The monoisotopic (exact) mass is 305 g/mol. The molecule has 0 N–H and O–H groups in total. The van der Waals surface area contributed by atoms with Crippen LogP contribution < -0.4 is 4.18 Å². The highest BCUT2D eigenvalue weighted by Gasteiger charge is 2.16. The van der Waals surface area contributed by atoms with Crippen LogP contribution in [-0.4, -0.2) is 9.19 Å². The molecule has 1 unspecified atom stereocenters. The van der Waals surface area contributed by atoms with Crippen molar-refractivity contribution >= 4 is 31.1 Å². The van der Waals surface area contributed by atoms with Gasteiger partial charge in [-0.1, -0.05) is 29.8 Å². The summed E-state index contributed by atoms with van der Waals surface area (Å²) in [6, 6.07) is 14.2. The van der Waals surface area contributed by atoms with E-state index in [-0.39, 0.29) is 6.08 Å². The normalized spacial score (nSPS) is 14.1. The third kappa shape index (κ3) is 2.52. The van der Waals surface area contributed by atoms with E-state index in [1.807, 2.05) is 31.2 Å². The molecule has 0 saturated carbocycles. The number of nitrogens with zero attached hydrogens (tertiary/aromatic N) is 1. The van der Waals surface area contributed by atoms with Gasteiger partial charge >= 0.3 is 6.08 Å². The molecule has 6 heteroatoms. The number of fused-ring (bicyclic) bond motifs is 1. The fourth-order valence-corrected chi connectivity index (χ4v) is 3.07. The lowest BCUT2D eigenvalue weighted by Crippen LogP contribution is -2.08. The van der Waals surface area contributed by atoms with Gasteiger partial charge in [0, 0.05) is 11.2 Å². The molecule has 0 aliphatic rings. The standard InChI is InChI=1S/C14H11NO3S2/c1-10-6-8-11(9-7-10)20(16,19)18-14-15-12-4-2-3-5-13(12)17-14/h2-9H,1H3. The lowest BCUT2D eigenvalue weighted by molar-refractivity contribution is 0.406. The van der Waals surface area contributed by atoms with Crippen molar-refractivity contribution in [3.8, 4) is 6.08 Å². The summed E-state index contributed by atoms with van der Waals surface area (Å²) in [6.07, 6.45) is -0.0771. The molecule has 20 heavy (non-hydrogen) atoms. The first kappa shape index (κ1) is 13.1. The predicted octanol–water partition coefficient (Wildman–Crippen LogP) is 3.24. The zero-order valence-corrected chi connectivity index (χ0v) is 12.2. The maximum absolute atomic E-state index is 12.4. The summed E-state index contributed by atoms with van der Waals surface area (Å²) in [5.74, 6) is 0. The van der Waals surface area contributed by atoms with E-state index in [9.17, 15) is 4.21 Å². The second-order valence-electron chi connectivity index (χ2n) is 4.30. The fourth-order valence-electron chi connectivity index (χ4n) is 1.73. The Bertz CT molecular complexity index is 819. The number of rotatable bonds is 3. The summed E-state index contributed by atoms with van der Waals surface area (Å²) in [7, 11) is -3.10. The van der Waals surface area contributed by atoms with Gasteiger partial charge in [0.05, 0.1) is 4.90 Å². The van der Waals surface area contributed by atoms with Crippen LogP contribution in [0.3, 0.4) is 0 Å². The van der Waals surface area contributed by atoms with Gasteiger partial charge < -0.3 is 8.60 Å². The number of aromatic nitrogens is 1. The molecule has 2 aromatic carbocycles. The van der Waals surface area contributed by atoms with Crippen LogP contribution in [0, 0.1) is 6.92 Å². The number of benzene rings is 2. The van der Waals surface area contributed by atoms with E-state index in [0.29, 0.717) is 16.0 Å². The van der Waals surface area contributed by atoms with Gasteiger partial charge in [0.25, 0.3) is 0 Å². The van der Waals surface area contributed by atoms with Gasteiger partial charge in [-0.25, -0.2) is 4.21 Å². The predicted molar refractivity (Wildman–Crippen MR) is 79.6 cm³/mol. The Morgan fingerprint density at radius 3 is 2.55 bits per heavy atom. The average molecular weight is 305 g/mol. The van der Waals surface area contributed by atoms with Crippen molar-refractivity contribution in [2.45, 2.75) is 11.8 Å². The molecule has 0 radical (unpaired) electrons. The second kappa shape index (κ2) is 4.88. The summed E-state index contributed by atoms with van der Waals surface area (Å²) in [5.41, 5.74) is 2.26. The molecule has 0 amide bonds. The highest BCUT2D eigenvalue weighted by Crippen LogP contribution is 2.23. The van der Waals surface area contributed by atoms with Crippen LogP contribution in [0.25, 0.3) is 11.1 Å². The second-order valence-corrected chi connectivity index (χ2v) is 7.16. The third-order valence-electron chi connectivity index (χ3n) is 2.76. The van der Waals surface area contributed by atoms with Crippen molar-refractivity contribution in [1.29, 1.82) is 0 Å². The SMILES string of the molecule is Cc1ccc(S(=O)(=S)Oc2nc3ccccc3o2)cc1. The largest absolute Gasteiger partial charge is 0.409 e. The highest BCUT2D eigenvalue weighted by atomic mass is 32.8. The first-order valence-corrected chi connectivity index (χ1v) is 8.32. The van der Waals surface area contributed by atoms with Crippen LogP contribution in [0.4, 0.5) is 0 Å². The minimum atomic E-state index is -3.10. The lowest BCUT2D eigenvalue weighted by atomic mass is 10.2. The van der Waals surface area contributed by atoms with E-state index in [1.54, 1.807) is 24.3 Å². The van der Waals surface area contributed by atoms with Gasteiger partial charge in [0.2, 0.25) is 8.77 Å². The molecule has 0 saturated heterocycles. The Kier molecular flexibility index (Phi) is 3.19. The van der Waals surface area contributed by atoms with Crippen LogP contribution in [0.2, 0.25) is 0 Å². The van der Waals surface area contributed by atoms with Gasteiger partial charge in [-0.15, -0.1) is 0 Å². The summed E-state index contributed by atoms with van der Waals surface area (Å²) in [4.78, 5) is 4.54. The molecule has 0 fully saturated rings. The zero-order chi connectivity index (χ0) is 14.2. The molecule has 1 aromatic heterocycles. The highest BCUT2D eigenvalue weighted by molar-refractivity contribution is 8.30. The van der Waals surface area contributed by atoms with Crippen LogP contribution in [0.15, 0.2) is 57.8 Å². The Hall–Kier alpha value is -1.92. The fraction of sp³-hybridized carbons (Fsp3) is 0.0714. The maximum Gasteiger partial charge on any atom is 0.409 e. The Morgan fingerprint density at radius 1 is 1.15 bits per heavy atom. The molecule has 3 aromatic rings. The lowest BCUT2D eigenvalue weighted by Gasteiger charge is -2.06. The van der Waals surface area contributed by atoms with Crippen LogP contribution in [0.5, 0.6) is 6.08 Å². The number of hydrogen-bond donors (Lipinski definition) is 0. The summed E-state index contributed by atoms with van der Waals surface area (Å²) >= 11 is 5.05. The van der Waals surface area contributed by atoms with Crippen molar-refractivity contribution < 1.29 is 12.8 Å². The van der Waals surface area contributed by atoms with Crippen LogP contribution in [-0.2, 0) is 20.0 Å². The van der Waals surface area contributed by atoms with Crippen molar-refractivity contribution in [1.82, 2.24) is 4.98 Å². The molecule has 4 nitrogen and oxygen atoms in total. The van der Waals surface area contributed by atoms with Crippen LogP contribution >= 0.6 is 0 Å². The first-order valence-electron chi connectivity index (χ1n) is 5.91.